The molecule has 103 heavy (non-hydrogen) atoms. The van der Waals surface area contributed by atoms with Gasteiger partial charge in [0.1, 0.15) is 5.76 Å². The van der Waals surface area contributed by atoms with Crippen LogP contribution in [0.5, 0.6) is 0 Å². The highest BCUT2D eigenvalue weighted by atomic mass is 36.0. The molecule has 25 heteroatoms. The van der Waals surface area contributed by atoms with Crippen LogP contribution in [-0.2, 0) is 28.6 Å². The van der Waals surface area contributed by atoms with Gasteiger partial charge in [-0.15, -0.1) is 0 Å². The van der Waals surface area contributed by atoms with Crippen molar-refractivity contribution in [3.63, 3.8) is 0 Å². The molecule has 4 aromatic heterocycles. The maximum absolute atomic E-state index is 12.1. The number of aromatic amines is 2. The number of halogens is 3. The number of allylic oxidation sites excluding steroid dienone is 1. The molecule has 10 N–H and O–H groups in total. The van der Waals surface area contributed by atoms with Gasteiger partial charge >= 0.3 is 5.97 Å². The lowest BCUT2D eigenvalue weighted by Crippen LogP contribution is -2.17. The van der Waals surface area contributed by atoms with Crippen molar-refractivity contribution in [2.75, 3.05) is 24.7 Å². The van der Waals surface area contributed by atoms with Crippen LogP contribution >= 0.6 is 33.0 Å². The van der Waals surface area contributed by atoms with E-state index in [-0.39, 0.29) is 64.3 Å². The zero-order valence-electron chi connectivity index (χ0n) is 63.3. The van der Waals surface area contributed by atoms with E-state index in [1.807, 2.05) is 4.57 Å². The molecule has 590 valence electrons. The fourth-order valence-corrected chi connectivity index (χ4v) is 13.7. The molecule has 0 unspecified atom stereocenters. The molecule has 2 saturated carbocycles. The summed E-state index contributed by atoms with van der Waals surface area (Å²) in [6.45, 7) is 19.4. The first-order valence-corrected chi connectivity index (χ1v) is 42.8. The van der Waals surface area contributed by atoms with Gasteiger partial charge in [0, 0.05) is 52.5 Å². The van der Waals surface area contributed by atoms with E-state index in [1.165, 1.54) is 231 Å². The Balaban J connectivity index is 0.000000483. The van der Waals surface area contributed by atoms with Crippen molar-refractivity contribution in [2.45, 2.75) is 360 Å². The van der Waals surface area contributed by atoms with Gasteiger partial charge in [0.05, 0.1) is 50.2 Å². The van der Waals surface area contributed by atoms with E-state index >= 15 is 0 Å². The zero-order chi connectivity index (χ0) is 75.8. The third-order valence-electron chi connectivity index (χ3n) is 19.6. The van der Waals surface area contributed by atoms with Crippen molar-refractivity contribution in [3.05, 3.63) is 70.0 Å². The summed E-state index contributed by atoms with van der Waals surface area (Å²) in [5.74, 6) is -0.199. The lowest BCUT2D eigenvalue weighted by Gasteiger charge is -2.17. The van der Waals surface area contributed by atoms with Crippen LogP contribution in [0.15, 0.2) is 58.9 Å². The number of carbonyl (C=O) groups is 2. The first-order chi connectivity index (χ1) is 49.7. The topological polar surface area (TPSA) is 330 Å². The highest BCUT2D eigenvalue weighted by Gasteiger charge is 2.39. The van der Waals surface area contributed by atoms with Crippen LogP contribution in [0.2, 0.25) is 0 Å². The molecule has 0 spiro atoms. The summed E-state index contributed by atoms with van der Waals surface area (Å²) >= 11 is 5.30. The molecule has 6 atom stereocenters. The van der Waals surface area contributed by atoms with Crippen molar-refractivity contribution in [2.24, 2.45) is 11.8 Å². The van der Waals surface area contributed by atoms with Crippen LogP contribution in [-0.4, -0.2) is 100 Å². The first-order valence-electron chi connectivity index (χ1n) is 39.6. The van der Waals surface area contributed by atoms with Crippen molar-refractivity contribution in [1.29, 1.82) is 0 Å². The predicted octanol–water partition coefficient (Wildman–Crippen LogP) is 20.1. The molecule has 0 aromatic carbocycles. The van der Waals surface area contributed by atoms with Gasteiger partial charge in [-0.3, -0.25) is 29.1 Å². The largest absolute Gasteiger partial charge is 0.481 e. The Morgan fingerprint density at radius 2 is 0.845 bits per heavy atom. The van der Waals surface area contributed by atoms with E-state index in [9.17, 15) is 34.5 Å². The van der Waals surface area contributed by atoms with Gasteiger partial charge in [-0.05, 0) is 67.7 Å². The number of H-pyrrole nitrogens is 2. The highest BCUT2D eigenvalue weighted by molar-refractivity contribution is 8.26. The van der Waals surface area contributed by atoms with Crippen molar-refractivity contribution < 1.29 is 44.0 Å². The quantitative estimate of drug-likeness (QED) is 0.00508. The molecule has 4 aromatic rings. The number of anilines is 2. The smallest absolute Gasteiger partial charge is 0.303 e. The van der Waals surface area contributed by atoms with Gasteiger partial charge in [0.25, 0.3) is 11.1 Å². The van der Waals surface area contributed by atoms with E-state index < -0.39 is 33.0 Å². The molecule has 2 fully saturated rings. The summed E-state index contributed by atoms with van der Waals surface area (Å²) in [6.07, 6.45) is 61.2. The lowest BCUT2D eigenvalue weighted by atomic mass is 9.94. The van der Waals surface area contributed by atoms with Crippen LogP contribution in [0.1, 0.15) is 347 Å². The van der Waals surface area contributed by atoms with Crippen molar-refractivity contribution in [3.8, 4) is 0 Å². The number of nitrogens with one attached hydrogen (secondary N) is 2. The summed E-state index contributed by atoms with van der Waals surface area (Å²) in [4.78, 5) is 76.7. The molecule has 21 nitrogen and oxygen atoms in total. The van der Waals surface area contributed by atoms with Crippen molar-refractivity contribution in [1.82, 2.24) is 39.0 Å². The third-order valence-corrected chi connectivity index (χ3v) is 19.8. The number of carboxylic acid groups (broad SMARTS) is 1. The number of nitrogens with two attached hydrogens (primary N) is 2. The second-order valence-electron chi connectivity index (χ2n) is 28.3. The standard InChI is InChI=1S/C30H49N5O4.C18H35ClO.C18H36O2.C12H15N5O3.Cl2OS/c1-4-5-6-7-13-16-19-38-39-22(2)17-14-11-9-8-10-12-15-18-24-23(3)25(20-26(24)36)35-21-32-27-28(35)33-30(31)34-29(27)37;2*1-2-3-4-5-6-7-8-9-10-11-12-13-14-15-16-17-18(19)20;1-5-6(3-18)8(19)2-7(5)17-4-14-9-10(17)15-12(13)16-11(9)20;1-4(2)3/h21,24-26,36H,2-20H2,1H3,(H3,31,33,34,37);2-17H2,1H3;2-17H2,1H3,(H,19,20);4,6-8,18-19H,1-3H2,(H3,13,15,16,20);/t24-,25-,26-;;;6-,7-,8-;/m0..0./s1. The number of aliphatic hydroxyl groups is 3. The van der Waals surface area contributed by atoms with E-state index in [0.717, 1.165) is 75.5 Å². The molecule has 0 amide bonds. The second kappa shape index (κ2) is 60.3. The van der Waals surface area contributed by atoms with Gasteiger partial charge in [-0.25, -0.2) is 14.2 Å². The van der Waals surface area contributed by atoms with E-state index in [0.29, 0.717) is 49.2 Å². The number of fused-ring (bicyclic) bond motifs is 2. The van der Waals surface area contributed by atoms with Gasteiger partial charge in [-0.2, -0.15) is 14.9 Å². The maximum Gasteiger partial charge on any atom is 0.303 e. The summed E-state index contributed by atoms with van der Waals surface area (Å²) < 4.78 is 12.6. The number of unbranched alkanes of at least 4 members (excludes halogenated alkanes) is 39. The van der Waals surface area contributed by atoms with Crippen LogP contribution < -0.4 is 22.6 Å². The first kappa shape index (κ1) is 94.4. The van der Waals surface area contributed by atoms with Gasteiger partial charge < -0.3 is 45.9 Å². The molecule has 2 aliphatic rings. The fourth-order valence-electron chi connectivity index (χ4n) is 13.6. The molecular formula is C78H135Cl3N10O11S. The van der Waals surface area contributed by atoms with Crippen LogP contribution in [0.4, 0.5) is 11.9 Å². The number of rotatable bonds is 54. The van der Waals surface area contributed by atoms with E-state index in [4.69, 9.17) is 42.2 Å². The molecular weight excluding hydrogens is 1390 g/mol. The minimum atomic E-state index is -1.67. The number of aromatic nitrogens is 8. The summed E-state index contributed by atoms with van der Waals surface area (Å²) in [6, 6.07) is -0.399. The molecule has 4 heterocycles. The van der Waals surface area contributed by atoms with Gasteiger partial charge in [-0.1, -0.05) is 291 Å². The number of carbonyl (C=O) groups excluding carboxylic acids is 1. The number of carboxylic acids is 1. The highest BCUT2D eigenvalue weighted by Crippen LogP contribution is 2.43. The molecule has 0 aliphatic heterocycles. The number of imidazole rings is 2. The normalized spacial score (nSPS) is 17.0. The number of aliphatic hydroxyl groups excluding tert-OH is 3. The summed E-state index contributed by atoms with van der Waals surface area (Å²) in [5, 5.41) is 38.3. The molecule has 0 bridgehead atoms. The van der Waals surface area contributed by atoms with Gasteiger partial charge in [0.2, 0.25) is 26.4 Å². The Morgan fingerprint density at radius 3 is 1.18 bits per heavy atom. The molecule has 0 radical (unpaired) electrons. The van der Waals surface area contributed by atoms with Gasteiger partial charge in [0.15, 0.2) is 22.3 Å². The third kappa shape index (κ3) is 43.0. The Bertz CT molecular complexity index is 3010. The Kier molecular flexibility index (Phi) is 55.3. The molecule has 6 rings (SSSR count). The minimum Gasteiger partial charge on any atom is -0.481 e. The average Bonchev–Trinajstić information content (AvgIpc) is 1.63. The Labute approximate surface area is 633 Å². The van der Waals surface area contributed by atoms with Crippen molar-refractivity contribution >= 4 is 87.6 Å². The summed E-state index contributed by atoms with van der Waals surface area (Å²) in [7, 11) is 7.36. The number of nitrogens with zero attached hydrogens (tertiary/aromatic N) is 6. The Hall–Kier alpha value is -4.68. The molecule has 0 saturated heterocycles. The predicted molar refractivity (Wildman–Crippen MR) is 425 cm³/mol. The number of hydrogen-bond acceptors (Lipinski definition) is 16. The minimum absolute atomic E-state index is 0.00659. The van der Waals surface area contributed by atoms with E-state index in [1.54, 1.807) is 10.9 Å². The Morgan fingerprint density at radius 1 is 0.534 bits per heavy atom. The monoisotopic (exact) mass is 1520 g/mol. The molecule has 2 aliphatic carbocycles. The fraction of sp³-hybridized carbons (Fsp3) is 0.769. The lowest BCUT2D eigenvalue weighted by molar-refractivity contribution is -0.264. The van der Waals surface area contributed by atoms with Crippen LogP contribution in [0.25, 0.3) is 22.3 Å². The average molecular weight is 1530 g/mol. The number of nitrogen functional groups attached to an aromatic ring is 2. The van der Waals surface area contributed by atoms with Crippen LogP contribution in [0.3, 0.4) is 0 Å². The summed E-state index contributed by atoms with van der Waals surface area (Å²) in [5.41, 5.74) is 13.4. The number of aliphatic carboxylic acids is 1. The van der Waals surface area contributed by atoms with E-state index in [2.05, 4.69) is 91.8 Å². The maximum atomic E-state index is 12.1. The second-order valence-corrected chi connectivity index (χ2v) is 31.2. The van der Waals surface area contributed by atoms with Crippen LogP contribution in [0, 0.1) is 11.8 Å². The zero-order valence-corrected chi connectivity index (χ0v) is 66.4. The number of hydrogen-bond donors (Lipinski definition) is 8. The SMILES string of the molecule is C=C(CCCCCCCCC[C@H]1C(=C)[C@@H](n2cnc3c(=O)[nH]c(N)nc32)C[C@@H]1O)OOCCCCCCCC.C=C1[C@H](CO)[C@@H](O)C[C@@H]1n1cnc2c(=O)[nH]c(N)nc21.CCCCCCCCCCCCCCCCCC(=O)Cl.CCCCCCCCCCCCCCCCCC(=O)O.O=S(Cl)Cl.